The molecule has 1 amide bonds. The molecule has 190 valence electrons. The topological polar surface area (TPSA) is 125 Å². The summed E-state index contributed by atoms with van der Waals surface area (Å²) in [6, 6.07) is 10.2. The van der Waals surface area contributed by atoms with Crippen molar-refractivity contribution in [3.8, 4) is 5.69 Å². The molecule has 0 radical (unpaired) electrons. The van der Waals surface area contributed by atoms with Gasteiger partial charge in [0.2, 0.25) is 11.7 Å². The van der Waals surface area contributed by atoms with Gasteiger partial charge in [0.15, 0.2) is 11.6 Å². The number of nitrogens with zero attached hydrogens (tertiary/aromatic N) is 6. The molecule has 3 aromatic rings. The first-order valence-electron chi connectivity index (χ1n) is 12.3. The lowest BCUT2D eigenvalue weighted by molar-refractivity contribution is -0.120. The lowest BCUT2D eigenvalue weighted by atomic mass is 9.93. The average Bonchev–Trinajstić information content (AvgIpc) is 3.56. The van der Waals surface area contributed by atoms with Gasteiger partial charge in [-0.2, -0.15) is 9.49 Å². The summed E-state index contributed by atoms with van der Waals surface area (Å²) < 4.78 is 17.4. The van der Waals surface area contributed by atoms with Crippen molar-refractivity contribution in [2.75, 3.05) is 36.4 Å². The number of primary amides is 1. The summed E-state index contributed by atoms with van der Waals surface area (Å²) in [7, 11) is 0. The number of nitrogens with one attached hydrogen (secondary N) is 1. The fraction of sp³-hybridized carbons (Fsp3) is 0.440. The molecule has 2 fully saturated rings. The molecule has 10 nitrogen and oxygen atoms in total. The van der Waals surface area contributed by atoms with Gasteiger partial charge in [-0.1, -0.05) is 12.1 Å². The molecule has 0 unspecified atom stereocenters. The van der Waals surface area contributed by atoms with E-state index in [0.717, 1.165) is 24.1 Å². The van der Waals surface area contributed by atoms with E-state index in [9.17, 15) is 9.90 Å². The molecule has 3 heterocycles. The molecule has 1 saturated carbocycles. The molecule has 5 rings (SSSR count). The Morgan fingerprint density at radius 2 is 2.03 bits per heavy atom. The normalized spacial score (nSPS) is 20.3. The molecule has 2 atom stereocenters. The van der Waals surface area contributed by atoms with Crippen LogP contribution in [0.25, 0.3) is 5.69 Å². The number of benzene rings is 1. The van der Waals surface area contributed by atoms with E-state index in [4.69, 9.17) is 5.73 Å². The zero-order valence-corrected chi connectivity index (χ0v) is 20.0. The average molecular weight is 495 g/mol. The first-order chi connectivity index (χ1) is 17.5. The van der Waals surface area contributed by atoms with Crippen molar-refractivity contribution >= 4 is 17.5 Å². The summed E-state index contributed by atoms with van der Waals surface area (Å²) in [5, 5.41) is 17.8. The number of hydrogen-bond donors (Lipinski definition) is 3. The van der Waals surface area contributed by atoms with Crippen molar-refractivity contribution in [1.29, 1.82) is 0 Å². The maximum Gasteiger partial charge on any atom is 0.231 e. The minimum absolute atomic E-state index is 0.0835. The second kappa shape index (κ2) is 10.6. The monoisotopic (exact) mass is 494 g/mol. The number of piperidine rings is 1. The molecule has 2 aliphatic rings. The maximum absolute atomic E-state index is 15.6. The molecule has 36 heavy (non-hydrogen) atoms. The third-order valence-electron chi connectivity index (χ3n) is 6.81. The van der Waals surface area contributed by atoms with Gasteiger partial charge in [-0.05, 0) is 49.6 Å². The zero-order valence-electron chi connectivity index (χ0n) is 20.0. The van der Waals surface area contributed by atoms with Crippen LogP contribution in [0.1, 0.15) is 24.8 Å². The Labute approximate surface area is 208 Å². The van der Waals surface area contributed by atoms with Crippen molar-refractivity contribution in [3.05, 3.63) is 60.4 Å². The SMILES string of the molecule is NC(=O)CN1CC[C@H](CNc2ncnc(N(Cc3ccc(-n4cccn4)cc3)C3CC3)c2F)[C@@H](O)C1. The minimum atomic E-state index is -0.636. The van der Waals surface area contributed by atoms with Crippen molar-refractivity contribution < 1.29 is 14.3 Å². The Morgan fingerprint density at radius 1 is 1.22 bits per heavy atom. The predicted molar refractivity (Wildman–Crippen MR) is 133 cm³/mol. The molecule has 1 aliphatic carbocycles. The highest BCUT2D eigenvalue weighted by molar-refractivity contribution is 5.75. The van der Waals surface area contributed by atoms with Gasteiger partial charge < -0.3 is 21.1 Å². The molecule has 4 N–H and O–H groups in total. The van der Waals surface area contributed by atoms with Gasteiger partial charge in [0, 0.05) is 44.0 Å². The quantitative estimate of drug-likeness (QED) is 0.388. The molecule has 0 spiro atoms. The van der Waals surface area contributed by atoms with Crippen LogP contribution in [-0.2, 0) is 11.3 Å². The highest BCUT2D eigenvalue weighted by Crippen LogP contribution is 2.34. The van der Waals surface area contributed by atoms with Crippen LogP contribution in [-0.4, -0.2) is 74.0 Å². The number of hydrogen-bond acceptors (Lipinski definition) is 8. The van der Waals surface area contributed by atoms with Gasteiger partial charge in [-0.25, -0.2) is 14.6 Å². The molecule has 2 aromatic heterocycles. The van der Waals surface area contributed by atoms with Crippen LogP contribution in [0, 0.1) is 11.7 Å². The number of nitrogens with two attached hydrogens (primary N) is 1. The molecular formula is C25H31FN8O2. The number of halogens is 1. The van der Waals surface area contributed by atoms with Gasteiger partial charge in [-0.3, -0.25) is 9.69 Å². The van der Waals surface area contributed by atoms with E-state index in [1.165, 1.54) is 6.33 Å². The minimum Gasteiger partial charge on any atom is -0.391 e. The highest BCUT2D eigenvalue weighted by atomic mass is 19.1. The van der Waals surface area contributed by atoms with Crippen molar-refractivity contribution in [2.45, 2.75) is 38.0 Å². The number of aromatic nitrogens is 4. The lowest BCUT2D eigenvalue weighted by Crippen LogP contribution is -2.48. The van der Waals surface area contributed by atoms with Crippen LogP contribution in [0.5, 0.6) is 0 Å². The summed E-state index contributed by atoms with van der Waals surface area (Å²) in [4.78, 5) is 23.4. The van der Waals surface area contributed by atoms with E-state index in [2.05, 4.69) is 20.4 Å². The Morgan fingerprint density at radius 3 is 2.69 bits per heavy atom. The van der Waals surface area contributed by atoms with Crippen LogP contribution in [0.4, 0.5) is 16.0 Å². The largest absolute Gasteiger partial charge is 0.391 e. The van der Waals surface area contributed by atoms with E-state index < -0.39 is 17.8 Å². The maximum atomic E-state index is 15.6. The Hall–Kier alpha value is -3.57. The van der Waals surface area contributed by atoms with Gasteiger partial charge >= 0.3 is 0 Å². The van der Waals surface area contributed by atoms with Crippen LogP contribution >= 0.6 is 0 Å². The van der Waals surface area contributed by atoms with Crippen LogP contribution in [0.2, 0.25) is 0 Å². The Balaban J connectivity index is 1.24. The van der Waals surface area contributed by atoms with Gasteiger partial charge in [-0.15, -0.1) is 0 Å². The number of amides is 1. The number of aliphatic hydroxyl groups excluding tert-OH is 1. The van der Waals surface area contributed by atoms with E-state index in [1.807, 2.05) is 46.3 Å². The summed E-state index contributed by atoms with van der Waals surface area (Å²) in [6.45, 7) is 2.05. The molecular weight excluding hydrogens is 463 g/mol. The molecule has 11 heteroatoms. The lowest BCUT2D eigenvalue weighted by Gasteiger charge is -2.35. The standard InChI is InChI=1S/C25H31FN8O2/c26-23-24(28-12-18-8-11-32(14-21(18)35)15-22(27)36)29-16-30-25(23)33(19-6-7-19)13-17-2-4-20(5-3-17)34-10-1-9-31-34/h1-5,9-10,16,18-19,21,35H,6-8,11-15H2,(H2,27,36)(H,28,29,30)/t18-,21+/m1/s1. The third kappa shape index (κ3) is 5.63. The first kappa shape index (κ1) is 24.1. The predicted octanol–water partition coefficient (Wildman–Crippen LogP) is 1.55. The number of rotatable bonds is 10. The summed E-state index contributed by atoms with van der Waals surface area (Å²) in [5.41, 5.74) is 7.27. The first-order valence-corrected chi connectivity index (χ1v) is 12.3. The van der Waals surface area contributed by atoms with Crippen molar-refractivity contribution in [2.24, 2.45) is 11.7 Å². The van der Waals surface area contributed by atoms with Gasteiger partial charge in [0.1, 0.15) is 6.33 Å². The van der Waals surface area contributed by atoms with Crippen LogP contribution < -0.4 is 16.0 Å². The van der Waals surface area contributed by atoms with E-state index >= 15 is 4.39 Å². The molecule has 1 saturated heterocycles. The molecule has 1 aliphatic heterocycles. The fourth-order valence-corrected chi connectivity index (χ4v) is 4.70. The van der Waals surface area contributed by atoms with Crippen molar-refractivity contribution in [1.82, 2.24) is 24.6 Å². The van der Waals surface area contributed by atoms with Gasteiger partial charge in [0.05, 0.1) is 18.3 Å². The fourth-order valence-electron chi connectivity index (χ4n) is 4.70. The zero-order chi connectivity index (χ0) is 25.1. The van der Waals surface area contributed by atoms with E-state index in [-0.39, 0.29) is 30.1 Å². The number of carbonyl (C=O) groups is 1. The van der Waals surface area contributed by atoms with E-state index in [1.54, 1.807) is 10.9 Å². The summed E-state index contributed by atoms with van der Waals surface area (Å²) in [5.74, 6) is -0.573. The van der Waals surface area contributed by atoms with Crippen LogP contribution in [0.15, 0.2) is 49.1 Å². The van der Waals surface area contributed by atoms with Gasteiger partial charge in [0.25, 0.3) is 0 Å². The number of β-amino-alcohol motifs (C(OH)–C–C–N with tert-alkyl or cyclic N) is 1. The van der Waals surface area contributed by atoms with Crippen molar-refractivity contribution in [3.63, 3.8) is 0 Å². The number of carbonyl (C=O) groups excluding carboxylic acids is 1. The molecule has 1 aromatic carbocycles. The number of anilines is 2. The van der Waals surface area contributed by atoms with Crippen LogP contribution in [0.3, 0.4) is 0 Å². The van der Waals surface area contributed by atoms with E-state index in [0.29, 0.717) is 32.6 Å². The Kier molecular flexibility index (Phi) is 7.10. The smallest absolute Gasteiger partial charge is 0.231 e. The second-order valence-electron chi connectivity index (χ2n) is 9.53. The second-order valence-corrected chi connectivity index (χ2v) is 9.53. The third-order valence-corrected chi connectivity index (χ3v) is 6.81. The number of aliphatic hydroxyl groups is 1. The Bertz CT molecular complexity index is 1170. The summed E-state index contributed by atoms with van der Waals surface area (Å²) in [6.07, 6.45) is 7.02. The molecule has 0 bridgehead atoms. The summed E-state index contributed by atoms with van der Waals surface area (Å²) >= 11 is 0. The highest BCUT2D eigenvalue weighted by Gasteiger charge is 2.33. The number of likely N-dealkylation sites (tertiary alicyclic amines) is 1.